The summed E-state index contributed by atoms with van der Waals surface area (Å²) in [5, 5.41) is 0. The van der Waals surface area contributed by atoms with Gasteiger partial charge in [0, 0.05) is 24.6 Å². The van der Waals surface area contributed by atoms with E-state index in [2.05, 4.69) is 62.5 Å². The first kappa shape index (κ1) is 30.6. The summed E-state index contributed by atoms with van der Waals surface area (Å²) in [7, 11) is 6.48. The molecule has 1 aliphatic heterocycles. The third kappa shape index (κ3) is 7.05. The molecule has 2 heterocycles. The Balaban J connectivity index is 1.49. The molecule has 8 heteroatoms. The molecular weight excluding hydrogens is 542 g/mol. The van der Waals surface area contributed by atoms with Gasteiger partial charge in [-0.1, -0.05) is 91.0 Å². The van der Waals surface area contributed by atoms with Crippen LogP contribution < -0.4 is 11.2 Å². The van der Waals surface area contributed by atoms with Crippen LogP contribution >= 0.6 is 0 Å². The Bertz CT molecular complexity index is 1480. The number of hydrogen-bond acceptors (Lipinski definition) is 5. The molecule has 0 unspecified atom stereocenters. The number of hydrogen-bond donors (Lipinski definition) is 1. The maximum Gasteiger partial charge on any atom is 0.330 e. The minimum absolute atomic E-state index is 0.215. The molecule has 1 saturated heterocycles. The van der Waals surface area contributed by atoms with E-state index in [1.54, 1.807) is 13.1 Å². The molecule has 43 heavy (non-hydrogen) atoms. The molecule has 0 aliphatic carbocycles. The largest absolute Gasteiger partial charge is 0.375 e. The summed E-state index contributed by atoms with van der Waals surface area (Å²) < 4.78 is 22.3. The van der Waals surface area contributed by atoms with E-state index in [1.807, 2.05) is 54.6 Å². The van der Waals surface area contributed by atoms with Crippen molar-refractivity contribution in [3.8, 4) is 0 Å². The van der Waals surface area contributed by atoms with Gasteiger partial charge < -0.3 is 18.7 Å². The van der Waals surface area contributed by atoms with Crippen LogP contribution in [0, 0.1) is 6.92 Å². The van der Waals surface area contributed by atoms with Crippen LogP contribution in [0.2, 0.25) is 0 Å². The number of nitrogens with one attached hydrogen (secondary N) is 1. The van der Waals surface area contributed by atoms with Crippen molar-refractivity contribution < 1.29 is 18.7 Å². The molecule has 1 aliphatic rings. The van der Waals surface area contributed by atoms with E-state index in [0.717, 1.165) is 34.1 Å². The molecule has 0 radical (unpaired) electrons. The number of aromatic nitrogens is 2. The molecule has 226 valence electrons. The fourth-order valence-electron chi connectivity index (χ4n) is 5.75. The second-order valence-electron chi connectivity index (χ2n) is 12.2. The summed E-state index contributed by atoms with van der Waals surface area (Å²) in [5.41, 5.74) is 1.62. The van der Waals surface area contributed by atoms with E-state index in [1.165, 1.54) is 4.57 Å². The lowest BCUT2D eigenvalue weighted by Gasteiger charge is -2.37. The molecule has 3 atom stereocenters. The third-order valence-corrected chi connectivity index (χ3v) is 7.95. The Labute approximate surface area is 253 Å². The quantitative estimate of drug-likeness (QED) is 0.149. The van der Waals surface area contributed by atoms with Gasteiger partial charge in [0.25, 0.3) is 5.56 Å². The summed E-state index contributed by atoms with van der Waals surface area (Å²) >= 11 is 0. The van der Waals surface area contributed by atoms with Crippen molar-refractivity contribution in [3.63, 3.8) is 0 Å². The third-order valence-electron chi connectivity index (χ3n) is 7.95. The van der Waals surface area contributed by atoms with Crippen LogP contribution in [-0.4, -0.2) is 67.1 Å². The number of benzene rings is 3. The maximum absolute atomic E-state index is 12.8. The predicted octanol–water partition coefficient (Wildman–Crippen LogP) is 4.62. The summed E-state index contributed by atoms with van der Waals surface area (Å²) in [6, 6.07) is 30.6. The second-order valence-corrected chi connectivity index (χ2v) is 12.2. The molecule has 4 aromatic rings. The highest BCUT2D eigenvalue weighted by atomic mass is 16.6. The number of aryl methyl sites for hydroxylation is 1. The van der Waals surface area contributed by atoms with Gasteiger partial charge in [-0.3, -0.25) is 14.3 Å². The van der Waals surface area contributed by atoms with Crippen LogP contribution in [0.15, 0.2) is 107 Å². The van der Waals surface area contributed by atoms with Crippen molar-refractivity contribution in [1.29, 1.82) is 0 Å². The van der Waals surface area contributed by atoms with Crippen LogP contribution in [0.3, 0.4) is 0 Å². The monoisotopic (exact) mass is 584 g/mol. The van der Waals surface area contributed by atoms with Crippen LogP contribution in [0.1, 0.15) is 41.3 Å². The Morgan fingerprint density at radius 1 is 0.884 bits per heavy atom. The van der Waals surface area contributed by atoms with Gasteiger partial charge in [0.2, 0.25) is 0 Å². The zero-order chi connectivity index (χ0) is 30.5. The van der Waals surface area contributed by atoms with E-state index in [0.29, 0.717) is 18.6 Å². The molecule has 5 rings (SSSR count). The molecule has 1 fully saturated rings. The number of rotatable bonds is 12. The molecule has 8 nitrogen and oxygen atoms in total. The zero-order valence-electron chi connectivity index (χ0n) is 25.4. The van der Waals surface area contributed by atoms with Gasteiger partial charge in [-0.15, -0.1) is 0 Å². The van der Waals surface area contributed by atoms with Crippen molar-refractivity contribution in [2.75, 3.05) is 40.9 Å². The van der Waals surface area contributed by atoms with Gasteiger partial charge in [-0.2, -0.15) is 0 Å². The van der Waals surface area contributed by atoms with Crippen LogP contribution in [0.5, 0.6) is 0 Å². The van der Waals surface area contributed by atoms with Gasteiger partial charge in [0.1, 0.15) is 17.9 Å². The second kappa shape index (κ2) is 13.2. The predicted molar refractivity (Wildman–Crippen MR) is 167 cm³/mol. The first-order chi connectivity index (χ1) is 20.7. The fourth-order valence-corrected chi connectivity index (χ4v) is 5.75. The highest BCUT2D eigenvalue weighted by Gasteiger charge is 2.43. The van der Waals surface area contributed by atoms with Gasteiger partial charge in [0.15, 0.2) is 0 Å². The average Bonchev–Trinajstić information content (AvgIpc) is 3.41. The first-order valence-corrected chi connectivity index (χ1v) is 14.9. The van der Waals surface area contributed by atoms with E-state index >= 15 is 0 Å². The Morgan fingerprint density at radius 3 is 1.93 bits per heavy atom. The lowest BCUT2D eigenvalue weighted by Crippen LogP contribution is -2.39. The van der Waals surface area contributed by atoms with E-state index in [-0.39, 0.29) is 12.7 Å². The van der Waals surface area contributed by atoms with Gasteiger partial charge in [-0.25, -0.2) is 4.79 Å². The molecule has 3 aromatic carbocycles. The summed E-state index contributed by atoms with van der Waals surface area (Å²) in [6.45, 7) is 3.42. The van der Waals surface area contributed by atoms with E-state index in [4.69, 9.17) is 14.2 Å². The van der Waals surface area contributed by atoms with Crippen molar-refractivity contribution in [3.05, 3.63) is 140 Å². The minimum Gasteiger partial charge on any atom is -0.375 e. The van der Waals surface area contributed by atoms with Crippen LogP contribution in [0.4, 0.5) is 0 Å². The molecule has 0 saturated carbocycles. The van der Waals surface area contributed by atoms with E-state index in [9.17, 15) is 9.59 Å². The number of aromatic amines is 1. The highest BCUT2D eigenvalue weighted by molar-refractivity contribution is 5.47. The zero-order valence-corrected chi connectivity index (χ0v) is 25.4. The van der Waals surface area contributed by atoms with Gasteiger partial charge in [-0.05, 0) is 23.6 Å². The average molecular weight is 585 g/mol. The van der Waals surface area contributed by atoms with Crippen molar-refractivity contribution >= 4 is 0 Å². The molecular formula is C35H42N3O5+. The fraction of sp³-hybridized carbons (Fsp3) is 0.371. The standard InChI is InChI=1S/C35H41N3O5/c1-26-24-37(34(40)36-33(26)39)32-23-30(41-22-14-21-38(2,3)4)31(43-32)25-42-35(27-15-8-5-9-16-27,28-17-10-6-11-18-28)29-19-12-7-13-20-29/h5-13,15-20,24,30-32H,14,21-23,25H2,1-4H3/p+1/t30-,31+,32+/m0/s1. The summed E-state index contributed by atoms with van der Waals surface area (Å²) in [5.74, 6) is 0. The molecule has 0 spiro atoms. The van der Waals surface area contributed by atoms with Crippen LogP contribution in [0.25, 0.3) is 0 Å². The number of nitrogens with zero attached hydrogens (tertiary/aromatic N) is 2. The molecule has 1 aromatic heterocycles. The highest BCUT2D eigenvalue weighted by Crippen LogP contribution is 2.41. The first-order valence-electron chi connectivity index (χ1n) is 14.9. The lowest BCUT2D eigenvalue weighted by atomic mass is 9.80. The number of ether oxygens (including phenoxy) is 3. The van der Waals surface area contributed by atoms with Gasteiger partial charge >= 0.3 is 5.69 Å². The molecule has 1 N–H and O–H groups in total. The molecule has 0 amide bonds. The normalized spacial score (nSPS) is 19.0. The number of quaternary nitrogens is 1. The SMILES string of the molecule is Cc1cn([C@H]2C[C@H](OCCC[N+](C)(C)C)[C@@H](COC(c3ccccc3)(c3ccccc3)c3ccccc3)O2)c(=O)[nH]c1=O. The Kier molecular flexibility index (Phi) is 9.42. The lowest BCUT2D eigenvalue weighted by molar-refractivity contribution is -0.870. The Morgan fingerprint density at radius 2 is 1.42 bits per heavy atom. The van der Waals surface area contributed by atoms with Crippen molar-refractivity contribution in [1.82, 2.24) is 9.55 Å². The van der Waals surface area contributed by atoms with Crippen molar-refractivity contribution in [2.45, 2.75) is 43.8 Å². The molecule has 0 bridgehead atoms. The van der Waals surface area contributed by atoms with Crippen LogP contribution in [-0.2, 0) is 19.8 Å². The topological polar surface area (TPSA) is 82.6 Å². The number of H-pyrrole nitrogens is 1. The minimum atomic E-state index is -0.912. The van der Waals surface area contributed by atoms with E-state index < -0.39 is 29.2 Å². The van der Waals surface area contributed by atoms with Crippen molar-refractivity contribution in [2.24, 2.45) is 0 Å². The van der Waals surface area contributed by atoms with Gasteiger partial charge in [0.05, 0.1) is 47.0 Å². The summed E-state index contributed by atoms with van der Waals surface area (Å²) in [4.78, 5) is 27.2. The summed E-state index contributed by atoms with van der Waals surface area (Å²) in [6.07, 6.45) is 1.54. The Hall–Kier alpha value is -3.82. The maximum atomic E-state index is 12.8. The smallest absolute Gasteiger partial charge is 0.330 e.